The maximum absolute atomic E-state index is 13.2. The molecule has 3 amide bonds. The fraction of sp³-hybridized carbons (Fsp3) is 0.375. The summed E-state index contributed by atoms with van der Waals surface area (Å²) in [5.74, 6) is -0.141. The number of anilines is 2. The van der Waals surface area contributed by atoms with E-state index < -0.39 is 0 Å². The highest BCUT2D eigenvalue weighted by atomic mass is 35.5. The Labute approximate surface area is 197 Å². The normalized spacial score (nSPS) is 22.2. The van der Waals surface area contributed by atoms with Gasteiger partial charge in [-0.05, 0) is 49.2 Å². The summed E-state index contributed by atoms with van der Waals surface area (Å²) in [6.07, 6.45) is 0.884. The van der Waals surface area contributed by atoms with Gasteiger partial charge in [-0.3, -0.25) is 14.4 Å². The van der Waals surface area contributed by atoms with Crippen molar-refractivity contribution in [2.24, 2.45) is 0 Å². The van der Waals surface area contributed by atoms with Crippen molar-refractivity contribution in [3.63, 3.8) is 0 Å². The lowest BCUT2D eigenvalue weighted by Gasteiger charge is -2.42. The van der Waals surface area contributed by atoms with Gasteiger partial charge in [0.25, 0.3) is 5.91 Å². The number of hydrogen-bond donors (Lipinski definition) is 2. The van der Waals surface area contributed by atoms with E-state index in [1.165, 1.54) is 6.92 Å². The van der Waals surface area contributed by atoms with Crippen molar-refractivity contribution in [3.05, 3.63) is 53.1 Å². The summed E-state index contributed by atoms with van der Waals surface area (Å²) in [6, 6.07) is 11.8. The average molecular weight is 472 g/mol. The van der Waals surface area contributed by atoms with E-state index in [-0.39, 0.29) is 49.0 Å². The first kappa shape index (κ1) is 23.1. The molecule has 1 fully saturated rings. The number of halogens is 1. The molecule has 3 atom stereocenters. The Morgan fingerprint density at radius 2 is 1.91 bits per heavy atom. The number of nitrogens with one attached hydrogen (secondary N) is 2. The second-order valence-corrected chi connectivity index (χ2v) is 8.76. The van der Waals surface area contributed by atoms with Gasteiger partial charge in [-0.25, -0.2) is 0 Å². The SMILES string of the molecule is CC(=O)Nc1ccc2c(c1)C(=O)N(C)[C@H]1CC[C@H](CC(=O)Nc3cccc(Cl)c3)O[C@@H]1CO2. The molecule has 0 saturated carbocycles. The number of fused-ring (bicyclic) bond motifs is 2. The van der Waals surface area contributed by atoms with Crippen LogP contribution in [0.2, 0.25) is 5.02 Å². The van der Waals surface area contributed by atoms with Gasteiger partial charge in [0.2, 0.25) is 11.8 Å². The van der Waals surface area contributed by atoms with Crippen LogP contribution in [-0.4, -0.2) is 54.5 Å². The number of hydrogen-bond acceptors (Lipinski definition) is 5. The Balaban J connectivity index is 1.43. The van der Waals surface area contributed by atoms with Crippen molar-refractivity contribution >= 4 is 40.7 Å². The van der Waals surface area contributed by atoms with Crippen molar-refractivity contribution in [1.82, 2.24) is 4.90 Å². The highest BCUT2D eigenvalue weighted by molar-refractivity contribution is 6.30. The van der Waals surface area contributed by atoms with E-state index in [9.17, 15) is 14.4 Å². The van der Waals surface area contributed by atoms with Crippen molar-refractivity contribution in [3.8, 4) is 5.75 Å². The van der Waals surface area contributed by atoms with E-state index in [4.69, 9.17) is 21.1 Å². The smallest absolute Gasteiger partial charge is 0.257 e. The predicted molar refractivity (Wildman–Crippen MR) is 125 cm³/mol. The van der Waals surface area contributed by atoms with Crippen LogP contribution in [-0.2, 0) is 14.3 Å². The number of rotatable bonds is 4. The van der Waals surface area contributed by atoms with E-state index in [2.05, 4.69) is 10.6 Å². The molecule has 0 aliphatic carbocycles. The van der Waals surface area contributed by atoms with Crippen LogP contribution in [0.15, 0.2) is 42.5 Å². The molecule has 33 heavy (non-hydrogen) atoms. The lowest BCUT2D eigenvalue weighted by atomic mass is 9.94. The molecule has 0 aromatic heterocycles. The van der Waals surface area contributed by atoms with Crippen LogP contribution in [0.1, 0.15) is 36.5 Å². The van der Waals surface area contributed by atoms with Crippen LogP contribution in [0, 0.1) is 0 Å². The largest absolute Gasteiger partial charge is 0.490 e. The van der Waals surface area contributed by atoms with Crippen LogP contribution in [0.3, 0.4) is 0 Å². The monoisotopic (exact) mass is 471 g/mol. The summed E-state index contributed by atoms with van der Waals surface area (Å²) in [5, 5.41) is 6.08. The standard InChI is InChI=1S/C24H26ClN3O5/c1-14(29)26-17-6-9-21-19(11-17)24(31)28(2)20-8-7-18(33-22(20)13-32-21)12-23(30)27-16-5-3-4-15(25)10-16/h3-6,9-11,18,20,22H,7-8,12-13H2,1-2H3,(H,26,29)(H,27,30)/t18-,20+,22-/m1/s1. The summed E-state index contributed by atoms with van der Waals surface area (Å²) in [5.41, 5.74) is 1.57. The molecule has 2 aromatic carbocycles. The zero-order valence-electron chi connectivity index (χ0n) is 18.5. The van der Waals surface area contributed by atoms with Gasteiger partial charge in [0.05, 0.1) is 24.1 Å². The third-order valence-corrected chi connectivity index (χ3v) is 6.09. The highest BCUT2D eigenvalue weighted by Gasteiger charge is 2.39. The van der Waals surface area contributed by atoms with E-state index in [1.54, 1.807) is 54.4 Å². The number of likely N-dealkylation sites (N-methyl/N-ethyl adjacent to an activating group) is 1. The minimum atomic E-state index is -0.361. The predicted octanol–water partition coefficient (Wildman–Crippen LogP) is 3.71. The van der Waals surface area contributed by atoms with Gasteiger partial charge in [0, 0.05) is 30.4 Å². The summed E-state index contributed by atoms with van der Waals surface area (Å²) < 4.78 is 12.1. The zero-order chi connectivity index (χ0) is 23.5. The zero-order valence-corrected chi connectivity index (χ0v) is 19.2. The van der Waals surface area contributed by atoms with Gasteiger partial charge in [-0.15, -0.1) is 0 Å². The van der Waals surface area contributed by atoms with Gasteiger partial charge < -0.3 is 25.0 Å². The Morgan fingerprint density at radius 1 is 1.12 bits per heavy atom. The highest BCUT2D eigenvalue weighted by Crippen LogP contribution is 2.32. The van der Waals surface area contributed by atoms with Gasteiger partial charge in [0.15, 0.2) is 0 Å². The van der Waals surface area contributed by atoms with Crippen LogP contribution in [0.25, 0.3) is 0 Å². The summed E-state index contributed by atoms with van der Waals surface area (Å²) in [4.78, 5) is 38.7. The molecule has 2 aliphatic rings. The molecule has 0 bridgehead atoms. The molecule has 8 nitrogen and oxygen atoms in total. The van der Waals surface area contributed by atoms with Crippen LogP contribution in [0.4, 0.5) is 11.4 Å². The Bertz CT molecular complexity index is 1080. The number of carbonyl (C=O) groups is 3. The molecular formula is C24H26ClN3O5. The third-order valence-electron chi connectivity index (χ3n) is 5.85. The van der Waals surface area contributed by atoms with Crippen LogP contribution >= 0.6 is 11.6 Å². The molecule has 0 unspecified atom stereocenters. The number of benzene rings is 2. The van der Waals surface area contributed by atoms with Crippen LogP contribution < -0.4 is 15.4 Å². The van der Waals surface area contributed by atoms with E-state index in [1.807, 2.05) is 0 Å². The number of carbonyl (C=O) groups excluding carboxylic acids is 3. The van der Waals surface area contributed by atoms with E-state index >= 15 is 0 Å². The summed E-state index contributed by atoms with van der Waals surface area (Å²) in [6.45, 7) is 1.66. The Morgan fingerprint density at radius 3 is 2.67 bits per heavy atom. The molecule has 174 valence electrons. The van der Waals surface area contributed by atoms with Crippen molar-refractivity contribution < 1.29 is 23.9 Å². The van der Waals surface area contributed by atoms with E-state index in [0.717, 1.165) is 0 Å². The molecule has 2 heterocycles. The first-order valence-corrected chi connectivity index (χ1v) is 11.2. The minimum Gasteiger partial charge on any atom is -0.490 e. The van der Waals surface area contributed by atoms with Gasteiger partial charge >= 0.3 is 0 Å². The molecule has 0 radical (unpaired) electrons. The molecule has 9 heteroatoms. The lowest BCUT2D eigenvalue weighted by Crippen LogP contribution is -2.53. The van der Waals surface area contributed by atoms with Gasteiger partial charge in [0.1, 0.15) is 18.5 Å². The maximum Gasteiger partial charge on any atom is 0.257 e. The fourth-order valence-electron chi connectivity index (χ4n) is 4.29. The van der Waals surface area contributed by atoms with Crippen LogP contribution in [0.5, 0.6) is 5.75 Å². The molecule has 4 rings (SSSR count). The number of amides is 3. The first-order valence-electron chi connectivity index (χ1n) is 10.8. The van der Waals surface area contributed by atoms with Crippen molar-refractivity contribution in [2.75, 3.05) is 24.3 Å². The molecule has 2 aliphatic heterocycles. The van der Waals surface area contributed by atoms with Crippen molar-refractivity contribution in [2.45, 2.75) is 44.4 Å². The molecule has 2 aromatic rings. The third kappa shape index (κ3) is 5.46. The quantitative estimate of drug-likeness (QED) is 0.708. The molecular weight excluding hydrogens is 446 g/mol. The Hall–Kier alpha value is -3.10. The lowest BCUT2D eigenvalue weighted by molar-refractivity contribution is -0.130. The van der Waals surface area contributed by atoms with Crippen molar-refractivity contribution in [1.29, 1.82) is 0 Å². The molecule has 0 spiro atoms. The molecule has 1 saturated heterocycles. The van der Waals surface area contributed by atoms with E-state index in [0.29, 0.717) is 40.6 Å². The minimum absolute atomic E-state index is 0.159. The second kappa shape index (κ2) is 9.80. The summed E-state index contributed by atoms with van der Waals surface area (Å²) >= 11 is 5.98. The number of ether oxygens (including phenoxy) is 2. The first-order chi connectivity index (χ1) is 15.8. The topological polar surface area (TPSA) is 97.0 Å². The fourth-order valence-corrected chi connectivity index (χ4v) is 4.48. The van der Waals surface area contributed by atoms with Gasteiger partial charge in [-0.2, -0.15) is 0 Å². The number of nitrogens with zero attached hydrogens (tertiary/aromatic N) is 1. The van der Waals surface area contributed by atoms with Gasteiger partial charge in [-0.1, -0.05) is 17.7 Å². The second-order valence-electron chi connectivity index (χ2n) is 8.32. The summed E-state index contributed by atoms with van der Waals surface area (Å²) in [7, 11) is 1.75. The molecule has 2 N–H and O–H groups in total. The average Bonchev–Trinajstić information content (AvgIpc) is 2.76. The maximum atomic E-state index is 13.2. The Kier molecular flexibility index (Phi) is 6.85.